The van der Waals surface area contributed by atoms with Gasteiger partial charge in [-0.25, -0.2) is 13.6 Å². The summed E-state index contributed by atoms with van der Waals surface area (Å²) in [7, 11) is 0. The first-order chi connectivity index (χ1) is 15.8. The molecule has 2 fully saturated rings. The zero-order valence-corrected chi connectivity index (χ0v) is 19.6. The van der Waals surface area contributed by atoms with Gasteiger partial charge in [-0.3, -0.25) is 14.5 Å². The van der Waals surface area contributed by atoms with Gasteiger partial charge >= 0.3 is 6.09 Å². The zero-order valence-electron chi connectivity index (χ0n) is 19.6. The third-order valence-corrected chi connectivity index (χ3v) is 6.62. The molecule has 0 aliphatic carbocycles. The summed E-state index contributed by atoms with van der Waals surface area (Å²) >= 11 is 0. The van der Waals surface area contributed by atoms with Crippen LogP contribution >= 0.6 is 0 Å². The standard InChI is InChI=1S/C24H33F2N3O4/c1-4-7-8-17-15-33-24(32)29(17)16-11-13-28(14-12-16)23(31)21-19(26)10-9-18(25)20(21)22(30)27(5-2)6-3/h9-10,16-17H,4-8,11-15H2,1-3H3. The van der Waals surface area contributed by atoms with E-state index in [1.54, 1.807) is 18.7 Å². The highest BCUT2D eigenvalue weighted by atomic mass is 19.1. The first-order valence-electron chi connectivity index (χ1n) is 11.9. The van der Waals surface area contributed by atoms with Crippen LogP contribution in [0.5, 0.6) is 0 Å². The van der Waals surface area contributed by atoms with Crippen LogP contribution in [-0.4, -0.2) is 77.5 Å². The molecule has 2 aliphatic rings. The van der Waals surface area contributed by atoms with Gasteiger partial charge in [0.2, 0.25) is 0 Å². The lowest BCUT2D eigenvalue weighted by molar-refractivity contribution is 0.0616. The lowest BCUT2D eigenvalue weighted by Crippen LogP contribution is -2.50. The van der Waals surface area contributed by atoms with Crippen molar-refractivity contribution in [1.29, 1.82) is 0 Å². The Balaban J connectivity index is 1.77. The van der Waals surface area contributed by atoms with E-state index in [2.05, 4.69) is 6.92 Å². The molecule has 0 radical (unpaired) electrons. The van der Waals surface area contributed by atoms with E-state index in [-0.39, 0.29) is 31.3 Å². The van der Waals surface area contributed by atoms with Crippen molar-refractivity contribution < 1.29 is 27.9 Å². The Kier molecular flexibility index (Phi) is 8.26. The van der Waals surface area contributed by atoms with Crippen molar-refractivity contribution in [3.05, 3.63) is 34.9 Å². The second kappa shape index (κ2) is 10.9. The quantitative estimate of drug-likeness (QED) is 0.581. The van der Waals surface area contributed by atoms with E-state index in [1.807, 2.05) is 0 Å². The number of hydrogen-bond donors (Lipinski definition) is 0. The van der Waals surface area contributed by atoms with Gasteiger partial charge in [0.25, 0.3) is 11.8 Å². The topological polar surface area (TPSA) is 70.2 Å². The van der Waals surface area contributed by atoms with Crippen molar-refractivity contribution in [3.8, 4) is 0 Å². The Morgan fingerprint density at radius 2 is 1.67 bits per heavy atom. The van der Waals surface area contributed by atoms with Crippen LogP contribution in [0.4, 0.5) is 13.6 Å². The van der Waals surface area contributed by atoms with E-state index < -0.39 is 34.6 Å². The third-order valence-electron chi connectivity index (χ3n) is 6.62. The van der Waals surface area contributed by atoms with Crippen molar-refractivity contribution >= 4 is 17.9 Å². The van der Waals surface area contributed by atoms with Gasteiger partial charge in [-0.15, -0.1) is 0 Å². The molecule has 2 saturated heterocycles. The lowest BCUT2D eigenvalue weighted by Gasteiger charge is -2.38. The molecular weight excluding hydrogens is 432 g/mol. The predicted octanol–water partition coefficient (Wildman–Crippen LogP) is 4.06. The molecule has 0 spiro atoms. The maximum atomic E-state index is 14.8. The zero-order chi connectivity index (χ0) is 24.1. The number of likely N-dealkylation sites (tertiary alicyclic amines) is 1. The molecule has 1 unspecified atom stereocenters. The molecule has 3 amide bonds. The number of unbranched alkanes of at least 4 members (excludes halogenated alkanes) is 1. The second-order valence-corrected chi connectivity index (χ2v) is 8.56. The van der Waals surface area contributed by atoms with Gasteiger partial charge in [-0.05, 0) is 45.2 Å². The molecule has 0 aromatic heterocycles. The molecular formula is C24H33F2N3O4. The maximum absolute atomic E-state index is 14.8. The van der Waals surface area contributed by atoms with Gasteiger partial charge in [0.05, 0.1) is 17.2 Å². The molecule has 1 atom stereocenters. The van der Waals surface area contributed by atoms with Gasteiger partial charge in [0.15, 0.2) is 0 Å². The maximum Gasteiger partial charge on any atom is 0.410 e. The van der Waals surface area contributed by atoms with E-state index in [0.29, 0.717) is 32.5 Å². The van der Waals surface area contributed by atoms with Crippen LogP contribution in [0.25, 0.3) is 0 Å². The summed E-state index contributed by atoms with van der Waals surface area (Å²) in [6, 6.07) is 1.72. The highest BCUT2D eigenvalue weighted by Gasteiger charge is 2.40. The molecule has 182 valence electrons. The summed E-state index contributed by atoms with van der Waals surface area (Å²) in [6.45, 7) is 7.14. The highest BCUT2D eigenvalue weighted by Crippen LogP contribution is 2.28. The van der Waals surface area contributed by atoms with Crippen LogP contribution in [0.2, 0.25) is 0 Å². The molecule has 2 aliphatic heterocycles. The van der Waals surface area contributed by atoms with E-state index in [0.717, 1.165) is 31.4 Å². The number of cyclic esters (lactones) is 1. The van der Waals surface area contributed by atoms with Crippen molar-refractivity contribution in [2.75, 3.05) is 32.8 Å². The fourth-order valence-electron chi connectivity index (χ4n) is 4.72. The Morgan fingerprint density at radius 3 is 2.24 bits per heavy atom. The molecule has 0 saturated carbocycles. The number of hydrogen-bond acceptors (Lipinski definition) is 4. The number of amides is 3. The minimum atomic E-state index is -0.915. The fourth-order valence-corrected chi connectivity index (χ4v) is 4.72. The number of benzene rings is 1. The molecule has 33 heavy (non-hydrogen) atoms. The normalized spacial score (nSPS) is 19.1. The van der Waals surface area contributed by atoms with Gasteiger partial charge in [-0.1, -0.05) is 19.8 Å². The van der Waals surface area contributed by atoms with E-state index in [1.165, 1.54) is 9.80 Å². The Bertz CT molecular complexity index is 883. The predicted molar refractivity (Wildman–Crippen MR) is 119 cm³/mol. The van der Waals surface area contributed by atoms with Crippen LogP contribution in [0.1, 0.15) is 73.6 Å². The summed E-state index contributed by atoms with van der Waals surface area (Å²) in [4.78, 5) is 43.0. The largest absolute Gasteiger partial charge is 0.447 e. The summed E-state index contributed by atoms with van der Waals surface area (Å²) in [5.74, 6) is -3.23. The number of carbonyl (C=O) groups excluding carboxylic acids is 3. The minimum absolute atomic E-state index is 0.0312. The number of nitrogens with zero attached hydrogens (tertiary/aromatic N) is 3. The molecule has 9 heteroatoms. The van der Waals surface area contributed by atoms with E-state index in [4.69, 9.17) is 4.74 Å². The van der Waals surface area contributed by atoms with Gasteiger partial charge < -0.3 is 14.5 Å². The molecule has 2 heterocycles. The monoisotopic (exact) mass is 465 g/mol. The highest BCUT2D eigenvalue weighted by molar-refractivity contribution is 6.07. The third kappa shape index (κ3) is 5.12. The first-order valence-corrected chi connectivity index (χ1v) is 11.9. The van der Waals surface area contributed by atoms with E-state index in [9.17, 15) is 23.2 Å². The molecule has 0 bridgehead atoms. The van der Waals surface area contributed by atoms with Crippen molar-refractivity contribution in [2.24, 2.45) is 0 Å². The molecule has 0 N–H and O–H groups in total. The van der Waals surface area contributed by atoms with Crippen LogP contribution in [0, 0.1) is 11.6 Å². The van der Waals surface area contributed by atoms with Crippen molar-refractivity contribution in [2.45, 2.75) is 65.0 Å². The molecule has 7 nitrogen and oxygen atoms in total. The van der Waals surface area contributed by atoms with Crippen molar-refractivity contribution in [3.63, 3.8) is 0 Å². The SMILES string of the molecule is CCCCC1COC(=O)N1C1CCN(C(=O)c2c(F)ccc(F)c2C(=O)N(CC)CC)CC1. The van der Waals surface area contributed by atoms with Crippen LogP contribution in [-0.2, 0) is 4.74 Å². The number of piperidine rings is 1. The molecule has 3 rings (SSSR count). The Morgan fingerprint density at radius 1 is 1.06 bits per heavy atom. The van der Waals surface area contributed by atoms with Crippen LogP contribution in [0.3, 0.4) is 0 Å². The van der Waals surface area contributed by atoms with Crippen LogP contribution < -0.4 is 0 Å². The van der Waals surface area contributed by atoms with Crippen molar-refractivity contribution in [1.82, 2.24) is 14.7 Å². The van der Waals surface area contributed by atoms with E-state index >= 15 is 0 Å². The number of halogens is 2. The Labute approximate surface area is 193 Å². The smallest absolute Gasteiger partial charge is 0.410 e. The average Bonchev–Trinajstić information content (AvgIpc) is 3.19. The molecule has 1 aromatic rings. The number of ether oxygens (including phenoxy) is 1. The summed E-state index contributed by atoms with van der Waals surface area (Å²) in [5.41, 5.74) is -1.04. The number of rotatable bonds is 8. The fraction of sp³-hybridized carbons (Fsp3) is 0.625. The average molecular weight is 466 g/mol. The summed E-state index contributed by atoms with van der Waals surface area (Å²) in [5, 5.41) is 0. The Hall–Kier alpha value is -2.71. The van der Waals surface area contributed by atoms with Gasteiger partial charge in [0, 0.05) is 32.2 Å². The second-order valence-electron chi connectivity index (χ2n) is 8.56. The first kappa shape index (κ1) is 24.9. The summed E-state index contributed by atoms with van der Waals surface area (Å²) in [6.07, 6.45) is 3.59. The summed E-state index contributed by atoms with van der Waals surface area (Å²) < 4.78 is 34.7. The minimum Gasteiger partial charge on any atom is -0.447 e. The number of carbonyl (C=O) groups is 3. The lowest BCUT2D eigenvalue weighted by atomic mass is 9.98. The van der Waals surface area contributed by atoms with Gasteiger partial charge in [0.1, 0.15) is 18.2 Å². The van der Waals surface area contributed by atoms with Crippen LogP contribution in [0.15, 0.2) is 12.1 Å². The van der Waals surface area contributed by atoms with Gasteiger partial charge in [-0.2, -0.15) is 0 Å². The molecule has 1 aromatic carbocycles.